The lowest BCUT2D eigenvalue weighted by atomic mass is 9.79. The maximum Gasteiger partial charge on any atom is 0.0546 e. The fourth-order valence-corrected chi connectivity index (χ4v) is 3.36. The van der Waals surface area contributed by atoms with E-state index in [1.165, 1.54) is 38.8 Å². The van der Waals surface area contributed by atoms with Crippen LogP contribution in [0.15, 0.2) is 0 Å². The Bertz CT molecular complexity index is 268. The van der Waals surface area contributed by atoms with Crippen LogP contribution in [0.5, 0.6) is 0 Å². The molecule has 2 aliphatic rings. The summed E-state index contributed by atoms with van der Waals surface area (Å²) >= 11 is 0. The average molecular weight is 268 g/mol. The molecule has 0 atom stereocenters. The van der Waals surface area contributed by atoms with Crippen molar-refractivity contribution in [2.45, 2.75) is 64.5 Å². The Morgan fingerprint density at radius 2 is 1.84 bits per heavy atom. The molecule has 0 saturated heterocycles. The van der Waals surface area contributed by atoms with E-state index in [-0.39, 0.29) is 6.10 Å². The van der Waals surface area contributed by atoms with E-state index in [2.05, 4.69) is 31.1 Å². The molecule has 2 rings (SSSR count). The van der Waals surface area contributed by atoms with Crippen LogP contribution in [0.25, 0.3) is 0 Å². The van der Waals surface area contributed by atoms with Gasteiger partial charge < -0.3 is 15.3 Å². The van der Waals surface area contributed by atoms with Gasteiger partial charge in [-0.15, -0.1) is 0 Å². The molecule has 3 nitrogen and oxygen atoms in total. The highest BCUT2D eigenvalue weighted by Crippen LogP contribution is 2.31. The number of rotatable bonds is 9. The molecular formula is C16H32N2O. The van der Waals surface area contributed by atoms with Crippen molar-refractivity contribution in [3.8, 4) is 0 Å². The predicted molar refractivity (Wildman–Crippen MR) is 80.3 cm³/mol. The Morgan fingerprint density at radius 1 is 1.21 bits per heavy atom. The molecule has 0 unspecified atom stereocenters. The van der Waals surface area contributed by atoms with E-state index < -0.39 is 0 Å². The molecule has 0 aliphatic heterocycles. The molecule has 19 heavy (non-hydrogen) atoms. The van der Waals surface area contributed by atoms with Gasteiger partial charge in [0.25, 0.3) is 0 Å². The first-order valence-electron chi connectivity index (χ1n) is 8.17. The van der Waals surface area contributed by atoms with E-state index in [4.69, 9.17) is 0 Å². The van der Waals surface area contributed by atoms with Crippen LogP contribution < -0.4 is 5.32 Å². The van der Waals surface area contributed by atoms with Crippen LogP contribution in [0.3, 0.4) is 0 Å². The van der Waals surface area contributed by atoms with E-state index >= 15 is 0 Å². The van der Waals surface area contributed by atoms with Crippen molar-refractivity contribution in [3.63, 3.8) is 0 Å². The summed E-state index contributed by atoms with van der Waals surface area (Å²) in [6.45, 7) is 8.18. The highest BCUT2D eigenvalue weighted by molar-refractivity contribution is 4.89. The first-order chi connectivity index (χ1) is 9.07. The second-order valence-electron chi connectivity index (χ2n) is 7.05. The maximum atomic E-state index is 9.38. The Labute approximate surface area is 118 Å². The number of hydrogen-bond donors (Lipinski definition) is 2. The minimum Gasteiger partial charge on any atom is -0.393 e. The van der Waals surface area contributed by atoms with Gasteiger partial charge in [-0.3, -0.25) is 0 Å². The molecule has 2 N–H and O–H groups in total. The molecule has 0 amide bonds. The Kier molecular flexibility index (Phi) is 5.27. The summed E-state index contributed by atoms with van der Waals surface area (Å²) in [7, 11) is 2.25. The standard InChI is InChI=1S/C16H32N2O/c1-4-16(5-2,11-17-14-6-7-14)12-18(3)10-13-8-15(19)9-13/h13-15,17,19H,4-12H2,1-3H3. The molecule has 3 heteroatoms. The van der Waals surface area contributed by atoms with Gasteiger partial charge in [0.1, 0.15) is 0 Å². The fraction of sp³-hybridized carbons (Fsp3) is 1.00. The summed E-state index contributed by atoms with van der Waals surface area (Å²) in [6.07, 6.45) is 7.25. The molecule has 2 saturated carbocycles. The highest BCUT2D eigenvalue weighted by atomic mass is 16.3. The van der Waals surface area contributed by atoms with Gasteiger partial charge in [0.2, 0.25) is 0 Å². The maximum absolute atomic E-state index is 9.38. The summed E-state index contributed by atoms with van der Waals surface area (Å²) in [6, 6.07) is 0.810. The minimum absolute atomic E-state index is 0.0166. The van der Waals surface area contributed by atoms with Gasteiger partial charge in [-0.1, -0.05) is 13.8 Å². The first kappa shape index (κ1) is 15.3. The first-order valence-corrected chi connectivity index (χ1v) is 8.17. The van der Waals surface area contributed by atoms with Gasteiger partial charge in [-0.05, 0) is 56.9 Å². The molecule has 2 fully saturated rings. The SMILES string of the molecule is CCC(CC)(CNC1CC1)CN(C)CC1CC(O)C1. The number of aliphatic hydroxyl groups is 1. The molecule has 0 heterocycles. The van der Waals surface area contributed by atoms with E-state index in [1.807, 2.05) is 0 Å². The second-order valence-corrected chi connectivity index (χ2v) is 7.05. The molecule has 0 aromatic rings. The van der Waals surface area contributed by atoms with Crippen molar-refractivity contribution in [2.24, 2.45) is 11.3 Å². The summed E-state index contributed by atoms with van der Waals surface area (Å²) in [5, 5.41) is 13.1. The number of hydrogen-bond acceptors (Lipinski definition) is 3. The number of aliphatic hydroxyl groups excluding tert-OH is 1. The van der Waals surface area contributed by atoms with Gasteiger partial charge >= 0.3 is 0 Å². The van der Waals surface area contributed by atoms with Crippen LogP contribution in [-0.4, -0.2) is 48.8 Å². The zero-order valence-electron chi connectivity index (χ0n) is 13.0. The van der Waals surface area contributed by atoms with Crippen molar-refractivity contribution in [1.82, 2.24) is 10.2 Å². The molecule has 0 radical (unpaired) electrons. The summed E-state index contributed by atoms with van der Waals surface area (Å²) in [5.41, 5.74) is 0.430. The topological polar surface area (TPSA) is 35.5 Å². The normalized spacial score (nSPS) is 27.6. The van der Waals surface area contributed by atoms with Gasteiger partial charge in [0.15, 0.2) is 0 Å². The van der Waals surface area contributed by atoms with E-state index in [9.17, 15) is 5.11 Å². The van der Waals surface area contributed by atoms with E-state index in [0.29, 0.717) is 5.41 Å². The van der Waals surface area contributed by atoms with Crippen molar-refractivity contribution >= 4 is 0 Å². The lowest BCUT2D eigenvalue weighted by Gasteiger charge is -2.40. The summed E-state index contributed by atoms with van der Waals surface area (Å²) < 4.78 is 0. The van der Waals surface area contributed by atoms with Crippen LogP contribution >= 0.6 is 0 Å². The molecule has 2 aliphatic carbocycles. The quantitative estimate of drug-likeness (QED) is 0.673. The third-order valence-corrected chi connectivity index (χ3v) is 5.23. The van der Waals surface area contributed by atoms with Crippen LogP contribution in [0.4, 0.5) is 0 Å². The molecule has 0 aromatic carbocycles. The summed E-state index contributed by atoms with van der Waals surface area (Å²) in [5.74, 6) is 0.725. The van der Waals surface area contributed by atoms with E-state index in [1.54, 1.807) is 0 Å². The molecular weight excluding hydrogens is 236 g/mol. The Hall–Kier alpha value is -0.120. The van der Waals surface area contributed by atoms with Crippen LogP contribution in [0, 0.1) is 11.3 Å². The van der Waals surface area contributed by atoms with Crippen LogP contribution in [-0.2, 0) is 0 Å². The van der Waals surface area contributed by atoms with E-state index in [0.717, 1.165) is 31.3 Å². The molecule has 0 aromatic heterocycles. The largest absolute Gasteiger partial charge is 0.393 e. The lowest BCUT2D eigenvalue weighted by Crippen LogP contribution is -2.45. The van der Waals surface area contributed by atoms with Crippen LogP contribution in [0.1, 0.15) is 52.4 Å². The van der Waals surface area contributed by atoms with Crippen molar-refractivity contribution < 1.29 is 5.11 Å². The Morgan fingerprint density at radius 3 is 2.32 bits per heavy atom. The molecule has 0 spiro atoms. The fourth-order valence-electron chi connectivity index (χ4n) is 3.36. The third kappa shape index (κ3) is 4.44. The smallest absolute Gasteiger partial charge is 0.0546 e. The monoisotopic (exact) mass is 268 g/mol. The van der Waals surface area contributed by atoms with Crippen molar-refractivity contribution in [1.29, 1.82) is 0 Å². The number of nitrogens with zero attached hydrogens (tertiary/aromatic N) is 1. The number of nitrogens with one attached hydrogen (secondary N) is 1. The van der Waals surface area contributed by atoms with Gasteiger partial charge in [0.05, 0.1) is 6.10 Å². The van der Waals surface area contributed by atoms with Crippen LogP contribution in [0.2, 0.25) is 0 Å². The summed E-state index contributed by atoms with van der Waals surface area (Å²) in [4.78, 5) is 2.50. The van der Waals surface area contributed by atoms with Crippen molar-refractivity contribution in [2.75, 3.05) is 26.7 Å². The zero-order valence-corrected chi connectivity index (χ0v) is 13.0. The zero-order chi connectivity index (χ0) is 13.9. The predicted octanol–water partition coefficient (Wildman–Crippen LogP) is 2.25. The van der Waals surface area contributed by atoms with Crippen molar-refractivity contribution in [3.05, 3.63) is 0 Å². The van der Waals surface area contributed by atoms with Gasteiger partial charge in [-0.25, -0.2) is 0 Å². The highest BCUT2D eigenvalue weighted by Gasteiger charge is 2.33. The molecule has 112 valence electrons. The lowest BCUT2D eigenvalue weighted by molar-refractivity contribution is 0.0208. The average Bonchev–Trinajstić information content (AvgIpc) is 3.17. The van der Waals surface area contributed by atoms with Gasteiger partial charge in [-0.2, -0.15) is 0 Å². The molecule has 0 bridgehead atoms. The van der Waals surface area contributed by atoms with Gasteiger partial charge in [0, 0.05) is 25.7 Å². The second kappa shape index (κ2) is 6.55. The Balaban J connectivity index is 1.76. The minimum atomic E-state index is -0.0166. The third-order valence-electron chi connectivity index (χ3n) is 5.23.